The van der Waals surface area contributed by atoms with E-state index in [1.807, 2.05) is 24.3 Å². The quantitative estimate of drug-likeness (QED) is 0.878. The van der Waals surface area contributed by atoms with Crippen LogP contribution in [0.5, 0.6) is 5.75 Å². The van der Waals surface area contributed by atoms with Crippen LogP contribution in [0.15, 0.2) is 30.5 Å². The van der Waals surface area contributed by atoms with Crippen LogP contribution in [-0.2, 0) is 4.79 Å². The summed E-state index contributed by atoms with van der Waals surface area (Å²) in [6, 6.07) is 7.72. The van der Waals surface area contributed by atoms with Crippen LogP contribution >= 0.6 is 0 Å². The van der Waals surface area contributed by atoms with Crippen molar-refractivity contribution in [2.75, 3.05) is 19.0 Å². The minimum absolute atomic E-state index is 0.169. The van der Waals surface area contributed by atoms with Crippen molar-refractivity contribution in [2.24, 2.45) is 0 Å². The number of fused-ring (bicyclic) bond motifs is 1. The number of carbonyl (C=O) groups is 1. The maximum Gasteiger partial charge on any atom is 0.131 e. The SMILES string of the molecule is COc1cc(NCCC(C)=O)c2ncccc2c1. The van der Waals surface area contributed by atoms with E-state index in [1.165, 1.54) is 0 Å². The van der Waals surface area contributed by atoms with Crippen molar-refractivity contribution in [1.29, 1.82) is 0 Å². The lowest BCUT2D eigenvalue weighted by Gasteiger charge is -2.10. The van der Waals surface area contributed by atoms with Gasteiger partial charge in [0.1, 0.15) is 11.5 Å². The minimum Gasteiger partial charge on any atom is -0.497 e. The van der Waals surface area contributed by atoms with Crippen LogP contribution in [0.2, 0.25) is 0 Å². The first kappa shape index (κ1) is 12.4. The van der Waals surface area contributed by atoms with E-state index in [4.69, 9.17) is 4.74 Å². The first-order chi connectivity index (χ1) is 8.70. The highest BCUT2D eigenvalue weighted by Crippen LogP contribution is 2.27. The molecule has 0 fully saturated rings. The number of methoxy groups -OCH3 is 1. The molecule has 4 heteroatoms. The third kappa shape index (κ3) is 2.77. The molecular weight excluding hydrogens is 228 g/mol. The summed E-state index contributed by atoms with van der Waals surface area (Å²) in [5, 5.41) is 4.25. The number of nitrogens with zero attached hydrogens (tertiary/aromatic N) is 1. The largest absolute Gasteiger partial charge is 0.497 e. The van der Waals surface area contributed by atoms with Gasteiger partial charge in [-0.3, -0.25) is 9.78 Å². The molecule has 0 bridgehead atoms. The predicted octanol–water partition coefficient (Wildman–Crippen LogP) is 2.63. The Morgan fingerprint density at radius 3 is 3.00 bits per heavy atom. The Balaban J connectivity index is 2.31. The molecule has 94 valence electrons. The van der Waals surface area contributed by atoms with Gasteiger partial charge in [0.15, 0.2) is 0 Å². The molecule has 0 aliphatic rings. The van der Waals surface area contributed by atoms with Gasteiger partial charge in [0, 0.05) is 30.6 Å². The van der Waals surface area contributed by atoms with Gasteiger partial charge >= 0.3 is 0 Å². The molecule has 0 atom stereocenters. The fourth-order valence-corrected chi connectivity index (χ4v) is 1.79. The fraction of sp³-hybridized carbons (Fsp3) is 0.286. The molecule has 4 nitrogen and oxygen atoms in total. The Bertz CT molecular complexity index is 567. The second-order valence-corrected chi connectivity index (χ2v) is 4.13. The molecule has 0 unspecified atom stereocenters. The Morgan fingerprint density at radius 2 is 2.28 bits per heavy atom. The molecule has 1 N–H and O–H groups in total. The first-order valence-corrected chi connectivity index (χ1v) is 5.87. The molecule has 18 heavy (non-hydrogen) atoms. The zero-order valence-electron chi connectivity index (χ0n) is 10.6. The molecule has 2 rings (SSSR count). The topological polar surface area (TPSA) is 51.2 Å². The molecule has 2 aromatic rings. The van der Waals surface area contributed by atoms with Gasteiger partial charge in [-0.1, -0.05) is 6.07 Å². The van der Waals surface area contributed by atoms with Gasteiger partial charge in [0.05, 0.1) is 18.3 Å². The van der Waals surface area contributed by atoms with E-state index >= 15 is 0 Å². The molecule has 0 aliphatic heterocycles. The number of hydrogen-bond donors (Lipinski definition) is 1. The predicted molar refractivity (Wildman–Crippen MR) is 72.1 cm³/mol. The molecule has 1 heterocycles. The second kappa shape index (κ2) is 5.49. The van der Waals surface area contributed by atoms with Crippen LogP contribution in [0.3, 0.4) is 0 Å². The van der Waals surface area contributed by atoms with Gasteiger partial charge < -0.3 is 10.1 Å². The summed E-state index contributed by atoms with van der Waals surface area (Å²) in [7, 11) is 1.64. The van der Waals surface area contributed by atoms with Crippen LogP contribution in [-0.4, -0.2) is 24.4 Å². The number of anilines is 1. The summed E-state index contributed by atoms with van der Waals surface area (Å²) in [4.78, 5) is 15.3. The maximum absolute atomic E-state index is 10.9. The molecule has 0 saturated heterocycles. The van der Waals surface area contributed by atoms with Crippen LogP contribution in [0.25, 0.3) is 10.9 Å². The summed E-state index contributed by atoms with van der Waals surface area (Å²) in [6.45, 7) is 2.19. The van der Waals surface area contributed by atoms with Crippen molar-refractivity contribution in [3.8, 4) is 5.75 Å². The van der Waals surface area contributed by atoms with Gasteiger partial charge in [-0.25, -0.2) is 0 Å². The maximum atomic E-state index is 10.9. The zero-order chi connectivity index (χ0) is 13.0. The Hall–Kier alpha value is -2.10. The van der Waals surface area contributed by atoms with Gasteiger partial charge in [0.25, 0.3) is 0 Å². The van der Waals surface area contributed by atoms with E-state index in [9.17, 15) is 4.79 Å². The third-order valence-electron chi connectivity index (χ3n) is 2.71. The summed E-state index contributed by atoms with van der Waals surface area (Å²) in [5.41, 5.74) is 1.79. The van der Waals surface area contributed by atoms with Gasteiger partial charge in [0.2, 0.25) is 0 Å². The summed E-state index contributed by atoms with van der Waals surface area (Å²) >= 11 is 0. The normalized spacial score (nSPS) is 10.3. The van der Waals surface area contributed by atoms with E-state index in [2.05, 4.69) is 10.3 Å². The van der Waals surface area contributed by atoms with Crippen molar-refractivity contribution in [3.05, 3.63) is 30.5 Å². The van der Waals surface area contributed by atoms with Crippen molar-refractivity contribution in [1.82, 2.24) is 4.98 Å². The van der Waals surface area contributed by atoms with E-state index < -0.39 is 0 Å². The highest BCUT2D eigenvalue weighted by Gasteiger charge is 2.05. The molecule has 0 aliphatic carbocycles. The number of ether oxygens (including phenoxy) is 1. The number of nitrogens with one attached hydrogen (secondary N) is 1. The van der Waals surface area contributed by atoms with Gasteiger partial charge in [-0.15, -0.1) is 0 Å². The number of carbonyl (C=O) groups excluding carboxylic acids is 1. The van der Waals surface area contributed by atoms with E-state index in [0.29, 0.717) is 13.0 Å². The van der Waals surface area contributed by atoms with Crippen LogP contribution in [0.4, 0.5) is 5.69 Å². The molecular formula is C14H16N2O2. The number of aromatic nitrogens is 1. The highest BCUT2D eigenvalue weighted by atomic mass is 16.5. The first-order valence-electron chi connectivity index (χ1n) is 5.87. The van der Waals surface area contributed by atoms with Crippen molar-refractivity contribution in [3.63, 3.8) is 0 Å². The van der Waals surface area contributed by atoms with E-state index in [0.717, 1.165) is 22.3 Å². The summed E-state index contributed by atoms with van der Waals surface area (Å²) in [5.74, 6) is 0.948. The van der Waals surface area contributed by atoms with Crippen LogP contribution in [0, 0.1) is 0 Å². The van der Waals surface area contributed by atoms with Crippen molar-refractivity contribution >= 4 is 22.4 Å². The Kier molecular flexibility index (Phi) is 3.77. The molecule has 0 spiro atoms. The lowest BCUT2D eigenvalue weighted by molar-refractivity contribution is -0.116. The minimum atomic E-state index is 0.169. The number of ketones is 1. The average Bonchev–Trinajstić information content (AvgIpc) is 2.38. The van der Waals surface area contributed by atoms with Crippen molar-refractivity contribution in [2.45, 2.75) is 13.3 Å². The molecule has 1 aromatic heterocycles. The molecule has 0 amide bonds. The Morgan fingerprint density at radius 1 is 1.44 bits per heavy atom. The zero-order valence-corrected chi connectivity index (χ0v) is 10.6. The number of hydrogen-bond acceptors (Lipinski definition) is 4. The highest BCUT2D eigenvalue weighted by molar-refractivity contribution is 5.92. The standard InChI is InChI=1S/C14H16N2O2/c1-10(17)5-7-15-13-9-12(18-2)8-11-4-3-6-16-14(11)13/h3-4,6,8-9,15H,5,7H2,1-2H3. The second-order valence-electron chi connectivity index (χ2n) is 4.13. The number of benzene rings is 1. The van der Waals surface area contributed by atoms with E-state index in [-0.39, 0.29) is 5.78 Å². The smallest absolute Gasteiger partial charge is 0.131 e. The Labute approximate surface area is 106 Å². The lowest BCUT2D eigenvalue weighted by Crippen LogP contribution is -2.06. The average molecular weight is 244 g/mol. The van der Waals surface area contributed by atoms with Crippen LogP contribution in [0.1, 0.15) is 13.3 Å². The molecule has 0 saturated carbocycles. The summed E-state index contributed by atoms with van der Waals surface area (Å²) in [6.07, 6.45) is 2.26. The van der Waals surface area contributed by atoms with Crippen molar-refractivity contribution < 1.29 is 9.53 Å². The number of Topliss-reactive ketones (excluding diaryl/α,β-unsaturated/α-hetero) is 1. The van der Waals surface area contributed by atoms with Gasteiger partial charge in [-0.2, -0.15) is 0 Å². The number of pyridine rings is 1. The summed E-state index contributed by atoms with van der Waals surface area (Å²) < 4.78 is 5.26. The van der Waals surface area contributed by atoms with Crippen LogP contribution < -0.4 is 10.1 Å². The van der Waals surface area contributed by atoms with E-state index in [1.54, 1.807) is 20.2 Å². The monoisotopic (exact) mass is 244 g/mol. The number of rotatable bonds is 5. The lowest BCUT2D eigenvalue weighted by atomic mass is 10.1. The molecule has 1 aromatic carbocycles. The van der Waals surface area contributed by atoms with Gasteiger partial charge in [-0.05, 0) is 19.1 Å². The fourth-order valence-electron chi connectivity index (χ4n) is 1.79. The molecule has 0 radical (unpaired) electrons. The third-order valence-corrected chi connectivity index (χ3v) is 2.71.